The van der Waals surface area contributed by atoms with Gasteiger partial charge in [0.15, 0.2) is 0 Å². The zero-order chi connectivity index (χ0) is 11.9. The van der Waals surface area contributed by atoms with Crippen LogP contribution in [0.2, 0.25) is 0 Å². The van der Waals surface area contributed by atoms with Crippen molar-refractivity contribution in [1.82, 2.24) is 10.2 Å². The summed E-state index contributed by atoms with van der Waals surface area (Å²) in [6, 6.07) is 0. The van der Waals surface area contributed by atoms with Crippen LogP contribution in [-0.2, 0) is 4.74 Å². The Morgan fingerprint density at radius 3 is 2.71 bits per heavy atom. The quantitative estimate of drug-likeness (QED) is 0.717. The number of likely N-dealkylation sites (tertiary alicyclic amines) is 1. The second kappa shape index (κ2) is 7.34. The standard InChI is InChI=1S/C14H28N2O/c1-2-13-5-8-16(9-6-13)10-7-15-12-14-4-3-11-17-14/h13-15H,2-12H2,1H3. The molecule has 2 heterocycles. The van der Waals surface area contributed by atoms with E-state index < -0.39 is 0 Å². The lowest BCUT2D eigenvalue weighted by atomic mass is 9.94. The van der Waals surface area contributed by atoms with E-state index in [2.05, 4.69) is 17.1 Å². The lowest BCUT2D eigenvalue weighted by Gasteiger charge is -2.31. The number of hydrogen-bond donors (Lipinski definition) is 1. The zero-order valence-electron chi connectivity index (χ0n) is 11.3. The summed E-state index contributed by atoms with van der Waals surface area (Å²) in [5.74, 6) is 0.992. The fourth-order valence-electron chi connectivity index (χ4n) is 2.92. The van der Waals surface area contributed by atoms with Crippen LogP contribution in [0.3, 0.4) is 0 Å². The first-order chi connectivity index (χ1) is 8.38. The molecule has 0 amide bonds. The molecule has 2 aliphatic rings. The van der Waals surface area contributed by atoms with E-state index in [4.69, 9.17) is 4.74 Å². The molecule has 0 bridgehead atoms. The van der Waals surface area contributed by atoms with E-state index in [9.17, 15) is 0 Å². The minimum absolute atomic E-state index is 0.487. The van der Waals surface area contributed by atoms with Gasteiger partial charge in [-0.2, -0.15) is 0 Å². The van der Waals surface area contributed by atoms with Gasteiger partial charge in [-0.1, -0.05) is 13.3 Å². The van der Waals surface area contributed by atoms with Gasteiger partial charge in [0, 0.05) is 26.2 Å². The number of hydrogen-bond acceptors (Lipinski definition) is 3. The van der Waals surface area contributed by atoms with Gasteiger partial charge in [0.2, 0.25) is 0 Å². The van der Waals surface area contributed by atoms with E-state index in [1.807, 2.05) is 0 Å². The molecule has 0 aromatic heterocycles. The third kappa shape index (κ3) is 4.57. The second-order valence-electron chi connectivity index (χ2n) is 5.53. The van der Waals surface area contributed by atoms with Crippen LogP contribution in [-0.4, -0.2) is 50.3 Å². The van der Waals surface area contributed by atoms with Crippen molar-refractivity contribution in [2.75, 3.05) is 39.3 Å². The Kier molecular flexibility index (Phi) is 5.75. The highest BCUT2D eigenvalue weighted by Crippen LogP contribution is 2.19. The van der Waals surface area contributed by atoms with Crippen molar-refractivity contribution < 1.29 is 4.74 Å². The minimum atomic E-state index is 0.487. The molecule has 0 radical (unpaired) electrons. The van der Waals surface area contributed by atoms with Gasteiger partial charge >= 0.3 is 0 Å². The van der Waals surface area contributed by atoms with Gasteiger partial charge in [-0.15, -0.1) is 0 Å². The first-order valence-electron chi connectivity index (χ1n) is 7.43. The average molecular weight is 240 g/mol. The van der Waals surface area contributed by atoms with Crippen LogP contribution in [0.4, 0.5) is 0 Å². The molecule has 3 nitrogen and oxygen atoms in total. The highest BCUT2D eigenvalue weighted by atomic mass is 16.5. The Balaban J connectivity index is 1.48. The molecule has 1 atom stereocenters. The van der Waals surface area contributed by atoms with Crippen LogP contribution >= 0.6 is 0 Å². The second-order valence-corrected chi connectivity index (χ2v) is 5.53. The molecular weight excluding hydrogens is 212 g/mol. The molecule has 0 aromatic rings. The third-order valence-corrected chi connectivity index (χ3v) is 4.29. The predicted molar refractivity (Wildman–Crippen MR) is 71.3 cm³/mol. The number of ether oxygens (including phenoxy) is 1. The van der Waals surface area contributed by atoms with Crippen LogP contribution in [0, 0.1) is 5.92 Å². The summed E-state index contributed by atoms with van der Waals surface area (Å²) in [4.78, 5) is 2.61. The normalized spacial score (nSPS) is 27.7. The van der Waals surface area contributed by atoms with Crippen LogP contribution in [0.25, 0.3) is 0 Å². The summed E-state index contributed by atoms with van der Waals surface area (Å²) < 4.78 is 5.60. The maximum Gasteiger partial charge on any atom is 0.0700 e. The van der Waals surface area contributed by atoms with E-state index >= 15 is 0 Å². The summed E-state index contributed by atoms with van der Waals surface area (Å²) in [6.45, 7) is 9.28. The third-order valence-electron chi connectivity index (χ3n) is 4.29. The first kappa shape index (κ1) is 13.3. The van der Waals surface area contributed by atoms with E-state index in [0.29, 0.717) is 6.10 Å². The molecule has 2 saturated heterocycles. The lowest BCUT2D eigenvalue weighted by molar-refractivity contribution is 0.108. The van der Waals surface area contributed by atoms with E-state index in [1.165, 1.54) is 51.7 Å². The summed E-state index contributed by atoms with van der Waals surface area (Å²) in [5.41, 5.74) is 0. The van der Waals surface area contributed by atoms with Crippen molar-refractivity contribution in [2.45, 2.75) is 45.1 Å². The Bertz CT molecular complexity index is 196. The van der Waals surface area contributed by atoms with Crippen LogP contribution in [0.1, 0.15) is 39.0 Å². The molecule has 0 saturated carbocycles. The van der Waals surface area contributed by atoms with Crippen LogP contribution in [0.15, 0.2) is 0 Å². The smallest absolute Gasteiger partial charge is 0.0700 e. The Labute approximate surface area is 106 Å². The number of nitrogens with zero attached hydrogens (tertiary/aromatic N) is 1. The molecule has 0 spiro atoms. The molecule has 2 rings (SSSR count). The molecule has 0 aromatic carbocycles. The maximum absolute atomic E-state index is 5.60. The van der Waals surface area contributed by atoms with Crippen molar-refractivity contribution in [1.29, 1.82) is 0 Å². The summed E-state index contributed by atoms with van der Waals surface area (Å²) in [5, 5.41) is 3.53. The number of nitrogens with one attached hydrogen (secondary N) is 1. The van der Waals surface area contributed by atoms with E-state index in [-0.39, 0.29) is 0 Å². The monoisotopic (exact) mass is 240 g/mol. The van der Waals surface area contributed by atoms with Crippen molar-refractivity contribution in [3.8, 4) is 0 Å². The lowest BCUT2D eigenvalue weighted by Crippen LogP contribution is -2.39. The summed E-state index contributed by atoms with van der Waals surface area (Å²) >= 11 is 0. The molecular formula is C14H28N2O. The SMILES string of the molecule is CCC1CCN(CCNCC2CCCO2)CC1. The van der Waals surface area contributed by atoms with Gasteiger partial charge < -0.3 is 15.0 Å². The van der Waals surface area contributed by atoms with Gasteiger partial charge in [0.25, 0.3) is 0 Å². The highest BCUT2D eigenvalue weighted by molar-refractivity contribution is 4.73. The average Bonchev–Trinajstić information content (AvgIpc) is 2.88. The number of rotatable bonds is 6. The van der Waals surface area contributed by atoms with Crippen molar-refractivity contribution >= 4 is 0 Å². The minimum Gasteiger partial charge on any atom is -0.377 e. The Morgan fingerprint density at radius 2 is 2.06 bits per heavy atom. The predicted octanol–water partition coefficient (Wildman–Crippen LogP) is 1.88. The highest BCUT2D eigenvalue weighted by Gasteiger charge is 2.17. The van der Waals surface area contributed by atoms with Gasteiger partial charge in [0.1, 0.15) is 0 Å². The van der Waals surface area contributed by atoms with Gasteiger partial charge in [-0.25, -0.2) is 0 Å². The summed E-state index contributed by atoms with van der Waals surface area (Å²) in [7, 11) is 0. The molecule has 100 valence electrons. The molecule has 2 fully saturated rings. The molecule has 1 N–H and O–H groups in total. The first-order valence-corrected chi connectivity index (χ1v) is 7.43. The topological polar surface area (TPSA) is 24.5 Å². The molecule has 17 heavy (non-hydrogen) atoms. The van der Waals surface area contributed by atoms with Gasteiger partial charge in [-0.3, -0.25) is 0 Å². The van der Waals surface area contributed by atoms with E-state index in [1.54, 1.807) is 0 Å². The molecule has 2 aliphatic heterocycles. The van der Waals surface area contributed by atoms with Gasteiger partial charge in [-0.05, 0) is 44.7 Å². The Hall–Kier alpha value is -0.120. The van der Waals surface area contributed by atoms with Crippen LogP contribution in [0.5, 0.6) is 0 Å². The largest absolute Gasteiger partial charge is 0.377 e. The van der Waals surface area contributed by atoms with Crippen molar-refractivity contribution in [2.24, 2.45) is 5.92 Å². The Morgan fingerprint density at radius 1 is 1.24 bits per heavy atom. The summed E-state index contributed by atoms with van der Waals surface area (Å²) in [6.07, 6.45) is 7.15. The van der Waals surface area contributed by atoms with Crippen molar-refractivity contribution in [3.05, 3.63) is 0 Å². The maximum atomic E-state index is 5.60. The van der Waals surface area contributed by atoms with E-state index in [0.717, 1.165) is 25.6 Å². The van der Waals surface area contributed by atoms with Crippen LogP contribution < -0.4 is 5.32 Å². The fraction of sp³-hybridized carbons (Fsp3) is 1.00. The van der Waals surface area contributed by atoms with Crippen molar-refractivity contribution in [3.63, 3.8) is 0 Å². The number of piperidine rings is 1. The molecule has 0 aliphatic carbocycles. The fourth-order valence-corrected chi connectivity index (χ4v) is 2.92. The molecule has 1 unspecified atom stereocenters. The van der Waals surface area contributed by atoms with Gasteiger partial charge in [0.05, 0.1) is 6.10 Å². The zero-order valence-corrected chi connectivity index (χ0v) is 11.3. The molecule has 3 heteroatoms.